The lowest BCUT2D eigenvalue weighted by Gasteiger charge is -2.19. The Kier molecular flexibility index (Phi) is 7.60. The summed E-state index contributed by atoms with van der Waals surface area (Å²) in [5.41, 5.74) is 7.07. The van der Waals surface area contributed by atoms with Crippen molar-refractivity contribution >= 4 is 11.5 Å². The van der Waals surface area contributed by atoms with Crippen molar-refractivity contribution in [3.05, 3.63) is 131 Å². The molecule has 0 aromatic heterocycles. The fraction of sp³-hybridized carbons (Fsp3) is 0.273. The molecule has 4 rings (SSSR count). The minimum absolute atomic E-state index is 0.00138. The smallest absolute Gasteiger partial charge is 0.155 e. The first-order valence-electron chi connectivity index (χ1n) is 12.5. The van der Waals surface area contributed by atoms with Crippen LogP contribution in [0.2, 0.25) is 0 Å². The third kappa shape index (κ3) is 6.33. The molecule has 0 fully saturated rings. The molecule has 0 N–H and O–H groups in total. The van der Waals surface area contributed by atoms with Crippen LogP contribution in [0, 0.1) is 0 Å². The Morgan fingerprint density at radius 1 is 0.857 bits per heavy atom. The number of aliphatic imine (C=N–C) groups is 2. The molecular formula is C33H36N2. The molecule has 1 aliphatic carbocycles. The number of amidine groups is 1. The summed E-state index contributed by atoms with van der Waals surface area (Å²) in [6.45, 7) is 10.9. The second-order valence-electron chi connectivity index (χ2n) is 10.3. The maximum Gasteiger partial charge on any atom is 0.155 e. The summed E-state index contributed by atoms with van der Waals surface area (Å²) in [6, 6.07) is 27.9. The molecule has 2 heteroatoms. The molecule has 0 bridgehead atoms. The van der Waals surface area contributed by atoms with Crippen LogP contribution in [0.4, 0.5) is 0 Å². The Balaban J connectivity index is 1.65. The lowest BCUT2D eigenvalue weighted by molar-refractivity contribution is 0.590. The summed E-state index contributed by atoms with van der Waals surface area (Å²) < 4.78 is 0. The lowest BCUT2D eigenvalue weighted by atomic mass is 9.86. The van der Waals surface area contributed by atoms with Crippen molar-refractivity contribution in [3.63, 3.8) is 0 Å². The van der Waals surface area contributed by atoms with E-state index in [1.165, 1.54) is 16.7 Å². The van der Waals surface area contributed by atoms with Crippen LogP contribution in [-0.2, 0) is 5.41 Å². The van der Waals surface area contributed by atoms with Crippen molar-refractivity contribution in [1.29, 1.82) is 0 Å². The summed E-state index contributed by atoms with van der Waals surface area (Å²) in [6.07, 6.45) is 9.82. The van der Waals surface area contributed by atoms with Gasteiger partial charge in [-0.2, -0.15) is 0 Å². The van der Waals surface area contributed by atoms with Gasteiger partial charge in [0.15, 0.2) is 5.84 Å². The van der Waals surface area contributed by atoms with Gasteiger partial charge in [0, 0.05) is 17.2 Å². The Hall–Kier alpha value is -3.52. The highest BCUT2D eigenvalue weighted by Crippen LogP contribution is 2.27. The Bertz CT molecular complexity index is 1250. The number of hydrogen-bond acceptors (Lipinski definition) is 1. The van der Waals surface area contributed by atoms with E-state index in [4.69, 9.17) is 9.98 Å². The number of benzene rings is 3. The fourth-order valence-corrected chi connectivity index (χ4v) is 4.30. The van der Waals surface area contributed by atoms with Crippen LogP contribution in [0.1, 0.15) is 80.8 Å². The van der Waals surface area contributed by atoms with Crippen LogP contribution in [0.25, 0.3) is 0 Å². The first-order valence-corrected chi connectivity index (χ1v) is 12.5. The van der Waals surface area contributed by atoms with E-state index in [0.717, 1.165) is 29.1 Å². The molecule has 1 aliphatic rings. The molecule has 0 saturated carbocycles. The zero-order chi connectivity index (χ0) is 24.8. The maximum atomic E-state index is 5.10. The molecule has 0 spiro atoms. The third-order valence-corrected chi connectivity index (χ3v) is 6.60. The molecule has 0 radical (unpaired) electrons. The molecule has 3 aromatic rings. The SMILES string of the molecule is C/C(=N\C(=N/C(C)c1ccc(C2C=CC=CC2)cc1)c1ccccc1)c1cccc(C(C)(C)C)c1. The van der Waals surface area contributed by atoms with Crippen molar-refractivity contribution in [3.8, 4) is 0 Å². The molecule has 0 heterocycles. The van der Waals surface area contributed by atoms with Crippen LogP contribution in [-0.4, -0.2) is 11.5 Å². The molecule has 2 nitrogen and oxygen atoms in total. The van der Waals surface area contributed by atoms with Gasteiger partial charge < -0.3 is 0 Å². The van der Waals surface area contributed by atoms with Crippen LogP contribution < -0.4 is 0 Å². The summed E-state index contributed by atoms with van der Waals surface area (Å²) in [4.78, 5) is 10.1. The van der Waals surface area contributed by atoms with Crippen molar-refractivity contribution in [2.24, 2.45) is 9.98 Å². The normalized spacial score (nSPS) is 17.5. The zero-order valence-electron chi connectivity index (χ0n) is 21.6. The first kappa shape index (κ1) is 24.6. The molecule has 0 aliphatic heterocycles. The number of nitrogens with zero attached hydrogens (tertiary/aromatic N) is 2. The van der Waals surface area contributed by atoms with E-state index in [1.54, 1.807) is 0 Å². The molecule has 0 amide bonds. The van der Waals surface area contributed by atoms with E-state index < -0.39 is 0 Å². The third-order valence-electron chi connectivity index (χ3n) is 6.60. The van der Waals surface area contributed by atoms with Crippen molar-refractivity contribution in [1.82, 2.24) is 0 Å². The molecule has 3 aromatic carbocycles. The average molecular weight is 461 g/mol. The quantitative estimate of drug-likeness (QED) is 0.269. The summed E-state index contributed by atoms with van der Waals surface area (Å²) in [5, 5.41) is 0. The first-order chi connectivity index (χ1) is 16.8. The summed E-state index contributed by atoms with van der Waals surface area (Å²) in [5.74, 6) is 1.23. The minimum Gasteiger partial charge on any atom is -0.258 e. The molecule has 2 atom stereocenters. The Morgan fingerprint density at radius 3 is 2.23 bits per heavy atom. The minimum atomic E-state index is -0.00138. The highest BCUT2D eigenvalue weighted by Gasteiger charge is 2.15. The Labute approximate surface area is 210 Å². The van der Waals surface area contributed by atoms with Crippen molar-refractivity contribution in [2.75, 3.05) is 0 Å². The highest BCUT2D eigenvalue weighted by atomic mass is 14.9. The van der Waals surface area contributed by atoms with Gasteiger partial charge in [-0.3, -0.25) is 4.99 Å². The van der Waals surface area contributed by atoms with E-state index >= 15 is 0 Å². The second kappa shape index (κ2) is 10.8. The number of allylic oxidation sites excluding steroid dienone is 4. The van der Waals surface area contributed by atoms with E-state index in [9.17, 15) is 0 Å². The van der Waals surface area contributed by atoms with Crippen LogP contribution >= 0.6 is 0 Å². The Morgan fingerprint density at radius 2 is 1.57 bits per heavy atom. The average Bonchev–Trinajstić information content (AvgIpc) is 2.89. The van der Waals surface area contributed by atoms with Gasteiger partial charge in [0.05, 0.1) is 6.04 Å². The fourth-order valence-electron chi connectivity index (χ4n) is 4.30. The predicted octanol–water partition coefficient (Wildman–Crippen LogP) is 8.60. The lowest BCUT2D eigenvalue weighted by Crippen LogP contribution is -2.12. The maximum absolute atomic E-state index is 5.10. The van der Waals surface area contributed by atoms with Gasteiger partial charge in [0.25, 0.3) is 0 Å². The topological polar surface area (TPSA) is 24.7 Å². The molecule has 0 saturated heterocycles. The standard InChI is InChI=1S/C33H36N2/c1-24(26-19-21-28(22-20-26)27-13-8-6-9-14-27)34-32(29-15-10-7-11-16-29)35-25(2)30-17-12-18-31(23-30)33(3,4)5/h6-13,15-24,27H,14H2,1-5H3/b34-32-,35-25+. The van der Waals surface area contributed by atoms with E-state index in [0.29, 0.717) is 5.92 Å². The number of hydrogen-bond donors (Lipinski definition) is 0. The monoisotopic (exact) mass is 460 g/mol. The summed E-state index contributed by atoms with van der Waals surface area (Å²) in [7, 11) is 0. The predicted molar refractivity (Wildman–Crippen MR) is 151 cm³/mol. The molecule has 2 unspecified atom stereocenters. The number of rotatable bonds is 5. The van der Waals surface area contributed by atoms with E-state index in [2.05, 4.69) is 120 Å². The van der Waals surface area contributed by atoms with Gasteiger partial charge in [-0.1, -0.05) is 118 Å². The summed E-state index contributed by atoms with van der Waals surface area (Å²) >= 11 is 0. The largest absolute Gasteiger partial charge is 0.258 e. The second-order valence-corrected chi connectivity index (χ2v) is 10.3. The van der Waals surface area contributed by atoms with Crippen molar-refractivity contribution in [2.45, 2.75) is 58.4 Å². The van der Waals surface area contributed by atoms with Gasteiger partial charge in [0.2, 0.25) is 0 Å². The van der Waals surface area contributed by atoms with E-state index in [-0.39, 0.29) is 11.5 Å². The van der Waals surface area contributed by atoms with Gasteiger partial charge in [0.1, 0.15) is 0 Å². The van der Waals surface area contributed by atoms with Crippen LogP contribution in [0.15, 0.2) is 113 Å². The molecule has 178 valence electrons. The molecule has 35 heavy (non-hydrogen) atoms. The van der Waals surface area contributed by atoms with Gasteiger partial charge in [-0.25, -0.2) is 4.99 Å². The van der Waals surface area contributed by atoms with Crippen LogP contribution in [0.5, 0.6) is 0 Å². The molecular weight excluding hydrogens is 424 g/mol. The van der Waals surface area contributed by atoms with Crippen LogP contribution in [0.3, 0.4) is 0 Å². The zero-order valence-corrected chi connectivity index (χ0v) is 21.6. The van der Waals surface area contributed by atoms with E-state index in [1.807, 2.05) is 18.2 Å². The van der Waals surface area contributed by atoms with Gasteiger partial charge in [-0.15, -0.1) is 0 Å². The highest BCUT2D eigenvalue weighted by molar-refractivity contribution is 6.11. The van der Waals surface area contributed by atoms with Crippen molar-refractivity contribution < 1.29 is 0 Å². The van der Waals surface area contributed by atoms with Gasteiger partial charge in [-0.05, 0) is 54.0 Å². The van der Waals surface area contributed by atoms with Gasteiger partial charge >= 0.3 is 0 Å².